The average Bonchev–Trinajstić information content (AvgIpc) is 2.17. The number of rotatable bonds is 2. The molecule has 1 amide bonds. The molecule has 1 heterocycles. The molecule has 88 valence electrons. The Bertz CT molecular complexity index is 236. The molecule has 0 aromatic rings. The Balaban J connectivity index is 2.58. The molecule has 0 bridgehead atoms. The first-order chi connectivity index (χ1) is 6.78. The lowest BCUT2D eigenvalue weighted by molar-refractivity contribution is -0.138. The lowest BCUT2D eigenvalue weighted by Crippen LogP contribution is -2.55. The predicted octanol–water partition coefficient (Wildman–Crippen LogP) is 1.76. The topological polar surface area (TPSA) is 46.3 Å². The molecule has 3 heteroatoms. The Labute approximate surface area is 93.0 Å². The molecule has 1 unspecified atom stereocenters. The largest absolute Gasteiger partial charge is 0.341 e. The molecular weight excluding hydrogens is 188 g/mol. The molecule has 0 aromatic heterocycles. The maximum absolute atomic E-state index is 12.1. The van der Waals surface area contributed by atoms with Crippen LogP contribution in [-0.4, -0.2) is 29.4 Å². The Morgan fingerprint density at radius 2 is 1.87 bits per heavy atom. The van der Waals surface area contributed by atoms with Crippen LogP contribution in [0.1, 0.15) is 47.0 Å². The highest BCUT2D eigenvalue weighted by Gasteiger charge is 2.34. The molecule has 0 aromatic carbocycles. The van der Waals surface area contributed by atoms with Gasteiger partial charge in [0.1, 0.15) is 0 Å². The van der Waals surface area contributed by atoms with Crippen molar-refractivity contribution in [1.82, 2.24) is 4.90 Å². The van der Waals surface area contributed by atoms with E-state index in [2.05, 4.69) is 13.8 Å². The van der Waals surface area contributed by atoms with E-state index >= 15 is 0 Å². The highest BCUT2D eigenvalue weighted by molar-refractivity contribution is 5.85. The molecule has 3 nitrogen and oxygen atoms in total. The van der Waals surface area contributed by atoms with Gasteiger partial charge >= 0.3 is 0 Å². The third kappa shape index (κ3) is 2.94. The summed E-state index contributed by atoms with van der Waals surface area (Å²) >= 11 is 0. The van der Waals surface area contributed by atoms with Gasteiger partial charge in [-0.2, -0.15) is 0 Å². The van der Waals surface area contributed by atoms with Gasteiger partial charge in [-0.05, 0) is 31.6 Å². The van der Waals surface area contributed by atoms with Gasteiger partial charge in [-0.1, -0.05) is 20.8 Å². The van der Waals surface area contributed by atoms with Crippen LogP contribution in [-0.2, 0) is 4.79 Å². The molecule has 1 rings (SSSR count). The zero-order valence-corrected chi connectivity index (χ0v) is 10.5. The summed E-state index contributed by atoms with van der Waals surface area (Å²) in [5.74, 6) is 0.112. The maximum atomic E-state index is 12.1. The smallest absolute Gasteiger partial charge is 0.242 e. The summed E-state index contributed by atoms with van der Waals surface area (Å²) in [6, 6.07) is 0. The van der Waals surface area contributed by atoms with E-state index in [4.69, 9.17) is 5.73 Å². The van der Waals surface area contributed by atoms with Crippen molar-refractivity contribution in [3.05, 3.63) is 0 Å². The normalized spacial score (nSPS) is 24.7. The third-order valence-corrected chi connectivity index (χ3v) is 3.63. The van der Waals surface area contributed by atoms with E-state index in [-0.39, 0.29) is 5.91 Å². The number of amides is 1. The molecule has 0 radical (unpaired) electrons. The van der Waals surface area contributed by atoms with Crippen molar-refractivity contribution in [2.24, 2.45) is 11.1 Å². The van der Waals surface area contributed by atoms with Gasteiger partial charge in [0.15, 0.2) is 0 Å². The predicted molar refractivity (Wildman–Crippen MR) is 62.5 cm³/mol. The number of likely N-dealkylation sites (tertiary alicyclic amines) is 1. The molecule has 1 fully saturated rings. The van der Waals surface area contributed by atoms with Crippen molar-refractivity contribution < 1.29 is 4.79 Å². The Morgan fingerprint density at radius 1 is 1.40 bits per heavy atom. The fraction of sp³-hybridized carbons (Fsp3) is 0.917. The lowest BCUT2D eigenvalue weighted by atomic mass is 9.82. The quantitative estimate of drug-likeness (QED) is 0.758. The first-order valence-electron chi connectivity index (χ1n) is 5.87. The van der Waals surface area contributed by atoms with Gasteiger partial charge in [-0.25, -0.2) is 0 Å². The molecular formula is C12H24N2O. The second-order valence-electron chi connectivity index (χ2n) is 5.73. The van der Waals surface area contributed by atoms with Gasteiger partial charge in [-0.15, -0.1) is 0 Å². The van der Waals surface area contributed by atoms with Crippen molar-refractivity contribution in [2.75, 3.05) is 13.1 Å². The van der Waals surface area contributed by atoms with E-state index in [0.717, 1.165) is 25.9 Å². The number of hydrogen-bond acceptors (Lipinski definition) is 2. The molecule has 0 aliphatic carbocycles. The monoisotopic (exact) mass is 212 g/mol. The van der Waals surface area contributed by atoms with Crippen molar-refractivity contribution in [3.8, 4) is 0 Å². The van der Waals surface area contributed by atoms with E-state index < -0.39 is 5.54 Å². The highest BCUT2D eigenvalue weighted by Crippen LogP contribution is 2.30. The van der Waals surface area contributed by atoms with Crippen LogP contribution in [0.4, 0.5) is 0 Å². The second-order valence-corrected chi connectivity index (χ2v) is 5.73. The number of hydrogen-bond donors (Lipinski definition) is 1. The van der Waals surface area contributed by atoms with Gasteiger partial charge in [-0.3, -0.25) is 4.79 Å². The van der Waals surface area contributed by atoms with Crippen molar-refractivity contribution in [1.29, 1.82) is 0 Å². The molecule has 0 spiro atoms. The van der Waals surface area contributed by atoms with E-state index in [1.807, 2.05) is 18.7 Å². The molecule has 1 atom stereocenters. The summed E-state index contributed by atoms with van der Waals surface area (Å²) in [6.45, 7) is 10.0. The molecule has 2 N–H and O–H groups in total. The van der Waals surface area contributed by atoms with E-state index in [1.54, 1.807) is 0 Å². The zero-order valence-electron chi connectivity index (χ0n) is 10.5. The van der Waals surface area contributed by atoms with E-state index in [9.17, 15) is 4.79 Å². The Hall–Kier alpha value is -0.570. The summed E-state index contributed by atoms with van der Waals surface area (Å²) in [5.41, 5.74) is 5.67. The molecule has 1 aliphatic rings. The Kier molecular flexibility index (Phi) is 3.44. The van der Waals surface area contributed by atoms with Gasteiger partial charge in [0.25, 0.3) is 0 Å². The van der Waals surface area contributed by atoms with Crippen LogP contribution < -0.4 is 5.73 Å². The standard InChI is InChI=1S/C12H24N2O/c1-5-12(4,13)10(15)14-8-6-11(2,3)7-9-14/h5-9,13H2,1-4H3. The summed E-state index contributed by atoms with van der Waals surface area (Å²) in [6.07, 6.45) is 2.86. The Morgan fingerprint density at radius 3 is 2.27 bits per heavy atom. The third-order valence-electron chi connectivity index (χ3n) is 3.63. The minimum atomic E-state index is -0.679. The van der Waals surface area contributed by atoms with Crippen LogP contribution in [0.3, 0.4) is 0 Å². The number of piperidine rings is 1. The minimum absolute atomic E-state index is 0.112. The maximum Gasteiger partial charge on any atom is 0.242 e. The van der Waals surface area contributed by atoms with Crippen molar-refractivity contribution >= 4 is 5.91 Å². The van der Waals surface area contributed by atoms with E-state index in [1.165, 1.54) is 0 Å². The average molecular weight is 212 g/mol. The first-order valence-corrected chi connectivity index (χ1v) is 5.87. The number of carbonyl (C=O) groups excluding carboxylic acids is 1. The molecule has 1 saturated heterocycles. The number of nitrogens with two attached hydrogens (primary N) is 1. The minimum Gasteiger partial charge on any atom is -0.341 e. The fourth-order valence-electron chi connectivity index (χ4n) is 1.83. The van der Waals surface area contributed by atoms with Crippen LogP contribution in [0.5, 0.6) is 0 Å². The molecule has 15 heavy (non-hydrogen) atoms. The van der Waals surface area contributed by atoms with Crippen molar-refractivity contribution in [3.63, 3.8) is 0 Å². The highest BCUT2D eigenvalue weighted by atomic mass is 16.2. The van der Waals surface area contributed by atoms with Crippen molar-refractivity contribution in [2.45, 2.75) is 52.5 Å². The number of nitrogens with zero attached hydrogens (tertiary/aromatic N) is 1. The SMILES string of the molecule is CCC(C)(N)C(=O)N1CCC(C)(C)CC1. The molecule has 1 aliphatic heterocycles. The van der Waals surface area contributed by atoms with Crippen LogP contribution in [0.15, 0.2) is 0 Å². The van der Waals surface area contributed by atoms with Gasteiger partial charge in [0.05, 0.1) is 5.54 Å². The van der Waals surface area contributed by atoms with Gasteiger partial charge in [0.2, 0.25) is 5.91 Å². The number of carbonyl (C=O) groups is 1. The lowest BCUT2D eigenvalue weighted by Gasteiger charge is -2.40. The first kappa shape index (κ1) is 12.5. The van der Waals surface area contributed by atoms with Crippen LogP contribution in [0.25, 0.3) is 0 Å². The van der Waals surface area contributed by atoms with Crippen LogP contribution >= 0.6 is 0 Å². The second kappa shape index (κ2) is 4.12. The zero-order chi connectivity index (χ0) is 11.7. The molecule has 0 saturated carbocycles. The van der Waals surface area contributed by atoms with Crippen LogP contribution in [0, 0.1) is 5.41 Å². The van der Waals surface area contributed by atoms with Gasteiger partial charge in [0, 0.05) is 13.1 Å². The van der Waals surface area contributed by atoms with Crippen LogP contribution in [0.2, 0.25) is 0 Å². The van der Waals surface area contributed by atoms with E-state index in [0.29, 0.717) is 11.8 Å². The summed E-state index contributed by atoms with van der Waals surface area (Å²) < 4.78 is 0. The summed E-state index contributed by atoms with van der Waals surface area (Å²) in [5, 5.41) is 0. The fourth-order valence-corrected chi connectivity index (χ4v) is 1.83. The van der Waals surface area contributed by atoms with Gasteiger partial charge < -0.3 is 10.6 Å². The summed E-state index contributed by atoms with van der Waals surface area (Å²) in [4.78, 5) is 14.0. The summed E-state index contributed by atoms with van der Waals surface area (Å²) in [7, 11) is 0.